The number of halogens is 6. The molecule has 4 heterocycles. The Morgan fingerprint density at radius 1 is 1.11 bits per heavy atom. The number of carboxylic acids is 2. The number of carboxylic acid groups (broad SMARTS) is 2. The van der Waals surface area contributed by atoms with Gasteiger partial charge < -0.3 is 20.3 Å². The maximum absolute atomic E-state index is 10.6. The van der Waals surface area contributed by atoms with E-state index in [2.05, 4.69) is 25.2 Å². The van der Waals surface area contributed by atoms with Crippen LogP contribution >= 0.6 is 11.3 Å². The van der Waals surface area contributed by atoms with Gasteiger partial charge in [0.05, 0.1) is 12.1 Å². The lowest BCUT2D eigenvalue weighted by atomic mass is 9.79. The molecule has 4 rings (SSSR count). The van der Waals surface area contributed by atoms with Crippen molar-refractivity contribution in [1.29, 1.82) is 0 Å². The van der Waals surface area contributed by atoms with Crippen LogP contribution in [0.2, 0.25) is 0 Å². The van der Waals surface area contributed by atoms with Crippen LogP contribution in [0.25, 0.3) is 0 Å². The highest BCUT2D eigenvalue weighted by molar-refractivity contribution is 7.09. The minimum Gasteiger partial charge on any atom is -0.475 e. The average Bonchev–Trinajstić information content (AvgIpc) is 3.45. The number of aromatic nitrogens is 3. The van der Waals surface area contributed by atoms with Crippen molar-refractivity contribution in [2.75, 3.05) is 31.6 Å². The standard InChI is InChI=1S/C17H23N5OS.2C2HF3O2/c1-13-8-20-16(21-9-13)19-4-2-14-3-6-23-17(14)11-22(12-17)10-15-18-5-7-24-15;2*3-2(4,5)1(6)7/h5,7-9,14H,2-4,6,10-12H2,1H3,(H,19,20,21);2*(H,6,7). The molecule has 0 aliphatic carbocycles. The molecule has 2 aromatic heterocycles. The predicted molar refractivity (Wildman–Crippen MR) is 121 cm³/mol. The molecule has 10 nitrogen and oxygen atoms in total. The molecule has 0 saturated carbocycles. The minimum absolute atomic E-state index is 0.0626. The van der Waals surface area contributed by atoms with Gasteiger partial charge in [0.25, 0.3) is 0 Å². The fourth-order valence-electron chi connectivity index (χ4n) is 3.73. The topological polar surface area (TPSA) is 138 Å². The van der Waals surface area contributed by atoms with Crippen molar-refractivity contribution in [1.82, 2.24) is 19.9 Å². The Morgan fingerprint density at radius 3 is 2.13 bits per heavy atom. The molecule has 0 aromatic carbocycles. The second-order valence-corrected chi connectivity index (χ2v) is 9.35. The third kappa shape index (κ3) is 9.68. The smallest absolute Gasteiger partial charge is 0.475 e. The van der Waals surface area contributed by atoms with Gasteiger partial charge in [0.1, 0.15) is 5.01 Å². The lowest BCUT2D eigenvalue weighted by Gasteiger charge is -2.50. The summed E-state index contributed by atoms with van der Waals surface area (Å²) in [7, 11) is 0. The number of rotatable bonds is 6. The summed E-state index contributed by atoms with van der Waals surface area (Å²) in [5, 5.41) is 20.8. The van der Waals surface area contributed by atoms with E-state index in [0.29, 0.717) is 11.9 Å². The van der Waals surface area contributed by atoms with E-state index in [1.165, 1.54) is 5.01 Å². The van der Waals surface area contributed by atoms with Crippen molar-refractivity contribution in [3.05, 3.63) is 34.5 Å². The Balaban J connectivity index is 0.000000301. The maximum Gasteiger partial charge on any atom is 0.490 e. The molecule has 0 amide bonds. The molecule has 2 aliphatic heterocycles. The van der Waals surface area contributed by atoms with Gasteiger partial charge in [0.2, 0.25) is 5.95 Å². The minimum atomic E-state index is -5.08. The number of hydrogen-bond acceptors (Lipinski definition) is 9. The lowest BCUT2D eigenvalue weighted by Crippen LogP contribution is -2.64. The fourth-order valence-corrected chi connectivity index (χ4v) is 4.39. The van der Waals surface area contributed by atoms with Crippen molar-refractivity contribution in [3.8, 4) is 0 Å². The highest BCUT2D eigenvalue weighted by Gasteiger charge is 2.52. The number of ether oxygens (including phenoxy) is 1. The van der Waals surface area contributed by atoms with E-state index in [-0.39, 0.29) is 5.60 Å². The van der Waals surface area contributed by atoms with Gasteiger partial charge in [-0.2, -0.15) is 26.3 Å². The van der Waals surface area contributed by atoms with E-state index in [4.69, 9.17) is 24.5 Å². The zero-order valence-corrected chi connectivity index (χ0v) is 20.7. The number of nitrogens with zero attached hydrogens (tertiary/aromatic N) is 4. The summed E-state index contributed by atoms with van der Waals surface area (Å²) in [4.78, 5) is 33.2. The van der Waals surface area contributed by atoms with Gasteiger partial charge >= 0.3 is 24.3 Å². The molecule has 0 bridgehead atoms. The summed E-state index contributed by atoms with van der Waals surface area (Å²) in [5.74, 6) is -4.18. The average molecular weight is 574 g/mol. The second-order valence-electron chi connectivity index (χ2n) is 8.38. The SMILES string of the molecule is Cc1cnc(NCCC2CCOC23CN(Cc2nccs2)C3)nc1.O=C(O)C(F)(F)F.O=C(O)C(F)(F)F. The number of anilines is 1. The Labute approximate surface area is 216 Å². The van der Waals surface area contributed by atoms with E-state index in [1.54, 1.807) is 11.3 Å². The van der Waals surface area contributed by atoms with Crippen molar-refractivity contribution in [2.45, 2.75) is 44.3 Å². The molecule has 0 radical (unpaired) electrons. The second kappa shape index (κ2) is 13.1. The molecular formula is C21H25F6N5O5S. The molecule has 2 aromatic rings. The number of thiazole rings is 1. The summed E-state index contributed by atoms with van der Waals surface area (Å²) in [6.45, 7) is 6.78. The first-order valence-corrected chi connectivity index (χ1v) is 11.9. The number of hydrogen-bond donors (Lipinski definition) is 3. The summed E-state index contributed by atoms with van der Waals surface area (Å²) < 4.78 is 69.6. The van der Waals surface area contributed by atoms with Gasteiger partial charge in [-0.3, -0.25) is 4.90 Å². The van der Waals surface area contributed by atoms with Crippen molar-refractivity contribution >= 4 is 29.2 Å². The summed E-state index contributed by atoms with van der Waals surface area (Å²) in [6.07, 6.45) is -2.34. The Kier molecular flexibility index (Phi) is 10.8. The van der Waals surface area contributed by atoms with Gasteiger partial charge in [-0.15, -0.1) is 11.3 Å². The first-order valence-electron chi connectivity index (χ1n) is 11.0. The van der Waals surface area contributed by atoms with Crippen molar-refractivity contribution in [2.24, 2.45) is 5.92 Å². The molecule has 2 fully saturated rings. The number of aryl methyl sites for hydroxylation is 1. The first kappa shape index (κ1) is 31.2. The van der Waals surface area contributed by atoms with Gasteiger partial charge in [0.15, 0.2) is 0 Å². The van der Waals surface area contributed by atoms with Crippen LogP contribution in [0.5, 0.6) is 0 Å². The molecular weight excluding hydrogens is 548 g/mol. The third-order valence-corrected chi connectivity index (χ3v) is 6.23. The van der Waals surface area contributed by atoms with Crippen LogP contribution in [-0.2, 0) is 20.9 Å². The summed E-state index contributed by atoms with van der Waals surface area (Å²) in [6, 6.07) is 0. The van der Waals surface area contributed by atoms with Crippen LogP contribution < -0.4 is 5.32 Å². The quantitative estimate of drug-likeness (QED) is 0.440. The zero-order valence-electron chi connectivity index (χ0n) is 19.9. The van der Waals surface area contributed by atoms with E-state index in [9.17, 15) is 26.3 Å². The van der Waals surface area contributed by atoms with E-state index in [0.717, 1.165) is 51.2 Å². The Hall–Kier alpha value is -3.05. The lowest BCUT2D eigenvalue weighted by molar-refractivity contribution is -0.193. The Bertz CT molecular complexity index is 1010. The number of aliphatic carboxylic acids is 2. The Morgan fingerprint density at radius 2 is 1.66 bits per heavy atom. The molecule has 17 heteroatoms. The van der Waals surface area contributed by atoms with E-state index in [1.807, 2.05) is 30.9 Å². The molecule has 1 spiro atoms. The highest BCUT2D eigenvalue weighted by Crippen LogP contribution is 2.42. The van der Waals surface area contributed by atoms with E-state index < -0.39 is 24.3 Å². The predicted octanol–water partition coefficient (Wildman–Crippen LogP) is 3.60. The normalized spacial score (nSPS) is 18.4. The van der Waals surface area contributed by atoms with Crippen LogP contribution in [0.4, 0.5) is 32.3 Å². The number of likely N-dealkylation sites (tertiary alicyclic amines) is 1. The largest absolute Gasteiger partial charge is 0.490 e. The molecule has 212 valence electrons. The van der Waals surface area contributed by atoms with Crippen LogP contribution in [0.1, 0.15) is 23.4 Å². The molecule has 2 aliphatic rings. The van der Waals surface area contributed by atoms with Gasteiger partial charge in [-0.1, -0.05) is 0 Å². The highest BCUT2D eigenvalue weighted by atomic mass is 32.1. The third-order valence-electron chi connectivity index (χ3n) is 5.47. The molecule has 1 atom stereocenters. The molecule has 3 N–H and O–H groups in total. The zero-order chi connectivity index (χ0) is 28.6. The van der Waals surface area contributed by atoms with Crippen LogP contribution in [-0.4, -0.2) is 86.2 Å². The van der Waals surface area contributed by atoms with Gasteiger partial charge in [0, 0.05) is 50.2 Å². The number of nitrogens with one attached hydrogen (secondary N) is 1. The van der Waals surface area contributed by atoms with Crippen molar-refractivity contribution in [3.63, 3.8) is 0 Å². The van der Waals surface area contributed by atoms with Crippen LogP contribution in [0, 0.1) is 12.8 Å². The fraction of sp³-hybridized carbons (Fsp3) is 0.571. The molecule has 2 saturated heterocycles. The molecule has 1 unspecified atom stereocenters. The molecule has 38 heavy (non-hydrogen) atoms. The first-order chi connectivity index (χ1) is 17.6. The maximum atomic E-state index is 10.6. The summed E-state index contributed by atoms with van der Waals surface area (Å²) in [5.41, 5.74) is 1.14. The monoisotopic (exact) mass is 573 g/mol. The van der Waals surface area contributed by atoms with Crippen LogP contribution in [0.3, 0.4) is 0 Å². The van der Waals surface area contributed by atoms with Gasteiger partial charge in [-0.25, -0.2) is 24.5 Å². The van der Waals surface area contributed by atoms with E-state index >= 15 is 0 Å². The van der Waals surface area contributed by atoms with Crippen LogP contribution in [0.15, 0.2) is 24.0 Å². The number of alkyl halides is 6. The number of carbonyl (C=O) groups is 2. The van der Waals surface area contributed by atoms with Gasteiger partial charge in [-0.05, 0) is 31.2 Å². The van der Waals surface area contributed by atoms with Crippen molar-refractivity contribution < 1.29 is 50.9 Å². The summed E-state index contributed by atoms with van der Waals surface area (Å²) >= 11 is 1.73.